The summed E-state index contributed by atoms with van der Waals surface area (Å²) < 4.78 is 15.7. The van der Waals surface area contributed by atoms with E-state index < -0.39 is 0 Å². The smallest absolute Gasteiger partial charge is 0.307 e. The lowest BCUT2D eigenvalue weighted by atomic mass is 10.2. The third kappa shape index (κ3) is 5.96. The zero-order valence-electron chi connectivity index (χ0n) is 15.0. The van der Waals surface area contributed by atoms with Crippen molar-refractivity contribution in [2.45, 2.75) is 45.1 Å². The van der Waals surface area contributed by atoms with Crippen molar-refractivity contribution in [3.63, 3.8) is 0 Å². The summed E-state index contributed by atoms with van der Waals surface area (Å²) in [5, 5.41) is 0. The maximum Gasteiger partial charge on any atom is 0.307 e. The van der Waals surface area contributed by atoms with Crippen molar-refractivity contribution in [1.82, 2.24) is 4.90 Å². The molecular formula is C19H27NO5. The summed E-state index contributed by atoms with van der Waals surface area (Å²) in [6, 6.07) is 7.39. The Bertz CT molecular complexity index is 551. The lowest BCUT2D eigenvalue weighted by Crippen LogP contribution is -2.42. The van der Waals surface area contributed by atoms with Gasteiger partial charge >= 0.3 is 5.97 Å². The lowest BCUT2D eigenvalue weighted by molar-refractivity contribution is -0.142. The summed E-state index contributed by atoms with van der Waals surface area (Å²) in [4.78, 5) is 25.8. The number of hydrogen-bond donors (Lipinski definition) is 0. The van der Waals surface area contributed by atoms with Gasteiger partial charge in [-0.2, -0.15) is 0 Å². The molecule has 0 radical (unpaired) electrons. The molecule has 1 aliphatic rings. The average Bonchev–Trinajstić information content (AvgIpc) is 3.15. The van der Waals surface area contributed by atoms with E-state index >= 15 is 0 Å². The second-order valence-electron chi connectivity index (χ2n) is 6.04. The quantitative estimate of drug-likeness (QED) is 0.642. The second kappa shape index (κ2) is 9.91. The molecule has 1 amide bonds. The van der Waals surface area contributed by atoms with Crippen LogP contribution in [0.25, 0.3) is 0 Å². The predicted octanol–water partition coefficient (Wildman–Crippen LogP) is 2.80. The van der Waals surface area contributed by atoms with Gasteiger partial charge in [-0.25, -0.2) is 0 Å². The molecule has 0 spiro atoms. The van der Waals surface area contributed by atoms with Crippen molar-refractivity contribution >= 4 is 11.9 Å². The van der Waals surface area contributed by atoms with Crippen molar-refractivity contribution in [3.8, 4) is 11.5 Å². The monoisotopic (exact) mass is 349 g/mol. The fourth-order valence-electron chi connectivity index (χ4n) is 3.07. The molecule has 0 bridgehead atoms. The summed E-state index contributed by atoms with van der Waals surface area (Å²) >= 11 is 0. The Morgan fingerprint density at radius 3 is 2.24 bits per heavy atom. The molecule has 0 heterocycles. The van der Waals surface area contributed by atoms with E-state index in [0.717, 1.165) is 31.4 Å². The van der Waals surface area contributed by atoms with Crippen LogP contribution in [0.2, 0.25) is 0 Å². The summed E-state index contributed by atoms with van der Waals surface area (Å²) in [5.74, 6) is 0.996. The molecule has 138 valence electrons. The summed E-state index contributed by atoms with van der Waals surface area (Å²) in [6.07, 6.45) is 4.41. The Morgan fingerprint density at radius 2 is 1.68 bits per heavy atom. The number of amides is 1. The molecule has 6 nitrogen and oxygen atoms in total. The van der Waals surface area contributed by atoms with Crippen LogP contribution in [0.4, 0.5) is 0 Å². The van der Waals surface area contributed by atoms with E-state index in [1.165, 1.54) is 7.11 Å². The van der Waals surface area contributed by atoms with Gasteiger partial charge in [-0.15, -0.1) is 0 Å². The topological polar surface area (TPSA) is 65.1 Å². The van der Waals surface area contributed by atoms with Crippen LogP contribution in [0, 0.1) is 0 Å². The minimum atomic E-state index is -0.303. The number of methoxy groups -OCH3 is 1. The van der Waals surface area contributed by atoms with Gasteiger partial charge in [-0.05, 0) is 44.0 Å². The Labute approximate surface area is 149 Å². The molecule has 0 atom stereocenters. The average molecular weight is 349 g/mol. The largest absolute Gasteiger partial charge is 0.494 e. The van der Waals surface area contributed by atoms with Crippen molar-refractivity contribution < 1.29 is 23.8 Å². The van der Waals surface area contributed by atoms with Crippen LogP contribution in [0.5, 0.6) is 11.5 Å². The zero-order chi connectivity index (χ0) is 18.1. The standard InChI is InChI=1S/C19H27NO5/c1-3-24-16-8-10-17(11-9-16)25-14-18(21)20(13-12-19(22)23-2)15-6-4-5-7-15/h8-11,15H,3-7,12-14H2,1-2H3. The van der Waals surface area contributed by atoms with Crippen LogP contribution < -0.4 is 9.47 Å². The molecular weight excluding hydrogens is 322 g/mol. The van der Waals surface area contributed by atoms with E-state index in [-0.39, 0.29) is 30.9 Å². The molecule has 0 aliphatic heterocycles. The molecule has 1 saturated carbocycles. The summed E-state index contributed by atoms with van der Waals surface area (Å²) in [5.41, 5.74) is 0. The Balaban J connectivity index is 1.90. The molecule has 1 aromatic carbocycles. The van der Waals surface area contributed by atoms with Gasteiger partial charge in [0.05, 0.1) is 20.1 Å². The van der Waals surface area contributed by atoms with E-state index in [2.05, 4.69) is 4.74 Å². The molecule has 1 fully saturated rings. The minimum absolute atomic E-state index is 0.0361. The fraction of sp³-hybridized carbons (Fsp3) is 0.579. The first-order valence-corrected chi connectivity index (χ1v) is 8.86. The zero-order valence-corrected chi connectivity index (χ0v) is 15.0. The fourth-order valence-corrected chi connectivity index (χ4v) is 3.07. The third-order valence-corrected chi connectivity index (χ3v) is 4.37. The Hall–Kier alpha value is -2.24. The van der Waals surface area contributed by atoms with Crippen molar-refractivity contribution in [1.29, 1.82) is 0 Å². The highest BCUT2D eigenvalue weighted by molar-refractivity contribution is 5.79. The number of esters is 1. The van der Waals surface area contributed by atoms with Gasteiger partial charge in [0.1, 0.15) is 11.5 Å². The van der Waals surface area contributed by atoms with Crippen LogP contribution in [-0.4, -0.2) is 49.7 Å². The van der Waals surface area contributed by atoms with Crippen molar-refractivity contribution in [3.05, 3.63) is 24.3 Å². The highest BCUT2D eigenvalue weighted by Gasteiger charge is 2.27. The summed E-state index contributed by atoms with van der Waals surface area (Å²) in [7, 11) is 1.36. The van der Waals surface area contributed by atoms with Gasteiger partial charge in [0, 0.05) is 12.6 Å². The highest BCUT2D eigenvalue weighted by Crippen LogP contribution is 2.24. The van der Waals surface area contributed by atoms with Gasteiger partial charge in [-0.1, -0.05) is 12.8 Å². The molecule has 25 heavy (non-hydrogen) atoms. The third-order valence-electron chi connectivity index (χ3n) is 4.37. The van der Waals surface area contributed by atoms with Crippen LogP contribution in [0.1, 0.15) is 39.0 Å². The Morgan fingerprint density at radius 1 is 1.08 bits per heavy atom. The number of benzene rings is 1. The lowest BCUT2D eigenvalue weighted by Gasteiger charge is -2.28. The van der Waals surface area contributed by atoms with E-state index in [1.54, 1.807) is 17.0 Å². The molecule has 1 aromatic rings. The number of hydrogen-bond acceptors (Lipinski definition) is 5. The first kappa shape index (κ1) is 19.1. The maximum atomic E-state index is 12.6. The van der Waals surface area contributed by atoms with Crippen LogP contribution in [0.3, 0.4) is 0 Å². The van der Waals surface area contributed by atoms with Crippen molar-refractivity contribution in [2.75, 3.05) is 26.9 Å². The van der Waals surface area contributed by atoms with Crippen LogP contribution >= 0.6 is 0 Å². The van der Waals surface area contributed by atoms with Gasteiger partial charge in [-0.3, -0.25) is 9.59 Å². The van der Waals surface area contributed by atoms with Crippen molar-refractivity contribution in [2.24, 2.45) is 0 Å². The van der Waals surface area contributed by atoms with Gasteiger partial charge in [0.2, 0.25) is 0 Å². The predicted molar refractivity (Wildman–Crippen MR) is 93.7 cm³/mol. The van der Waals surface area contributed by atoms with Gasteiger partial charge in [0.25, 0.3) is 5.91 Å². The maximum absolute atomic E-state index is 12.6. The summed E-state index contributed by atoms with van der Waals surface area (Å²) in [6.45, 7) is 2.87. The molecule has 1 aliphatic carbocycles. The first-order valence-electron chi connectivity index (χ1n) is 8.86. The highest BCUT2D eigenvalue weighted by atomic mass is 16.5. The normalized spacial score (nSPS) is 14.2. The molecule has 0 unspecified atom stereocenters. The first-order chi connectivity index (χ1) is 12.1. The van der Waals surface area contributed by atoms with Gasteiger partial charge < -0.3 is 19.1 Å². The van der Waals surface area contributed by atoms with Crippen LogP contribution in [0.15, 0.2) is 24.3 Å². The molecule has 0 aromatic heterocycles. The number of nitrogens with zero attached hydrogens (tertiary/aromatic N) is 1. The second-order valence-corrected chi connectivity index (χ2v) is 6.04. The van der Waals surface area contributed by atoms with E-state index in [4.69, 9.17) is 9.47 Å². The number of carbonyl (C=O) groups excluding carboxylic acids is 2. The SMILES string of the molecule is CCOc1ccc(OCC(=O)N(CCC(=O)OC)C2CCCC2)cc1. The van der Waals surface area contributed by atoms with E-state index in [0.29, 0.717) is 18.9 Å². The number of rotatable bonds is 9. The minimum Gasteiger partial charge on any atom is -0.494 e. The molecule has 2 rings (SSSR count). The van der Waals surface area contributed by atoms with E-state index in [9.17, 15) is 9.59 Å². The molecule has 0 saturated heterocycles. The molecule has 6 heteroatoms. The van der Waals surface area contributed by atoms with Crippen LogP contribution in [-0.2, 0) is 14.3 Å². The molecule has 0 N–H and O–H groups in total. The Kier molecular flexibility index (Phi) is 7.57. The van der Waals surface area contributed by atoms with E-state index in [1.807, 2.05) is 19.1 Å². The number of ether oxygens (including phenoxy) is 3. The van der Waals surface area contributed by atoms with Gasteiger partial charge in [0.15, 0.2) is 6.61 Å². The number of carbonyl (C=O) groups is 2.